The van der Waals surface area contributed by atoms with Crippen molar-refractivity contribution in [3.8, 4) is 0 Å². The normalized spacial score (nSPS) is 27.2. The number of hydrogen-bond acceptors (Lipinski definition) is 14. The molecule has 0 saturated carbocycles. The van der Waals surface area contributed by atoms with Crippen molar-refractivity contribution < 1.29 is 67.1 Å². The molecule has 0 aromatic carbocycles. The zero-order chi connectivity index (χ0) is 69.1. The summed E-state index contributed by atoms with van der Waals surface area (Å²) in [4.78, 5) is 195. The Morgan fingerprint density at radius 1 is 0.483 bits per heavy atom. The molecule has 0 aliphatic carbocycles. The average Bonchev–Trinajstić information content (AvgIpc) is 0.924. The number of hydrogen-bond donors (Lipinski definition) is 4. The van der Waals surface area contributed by atoms with Crippen LogP contribution in [-0.4, -0.2) is 233 Å². The highest BCUT2D eigenvalue weighted by molar-refractivity contribution is 6.00. The molecule has 1 heterocycles. The van der Waals surface area contributed by atoms with Gasteiger partial charge < -0.3 is 65.1 Å². The molecule has 0 aromatic rings. The third-order valence-electron chi connectivity index (χ3n) is 16.8. The zero-order valence-electron chi connectivity index (χ0n) is 58.1. The number of nitrogens with one attached hydrogen (secondary N) is 4. The van der Waals surface area contributed by atoms with Crippen LogP contribution in [0, 0.1) is 41.4 Å². The second-order valence-electron chi connectivity index (χ2n) is 26.3. The van der Waals surface area contributed by atoms with E-state index in [1.54, 1.807) is 60.6 Å². The standard InChI is InChI=1S/C64H111N11O14/c1-26-28-29-39(13)53(89-44(18)77)52-57(81)67-45(27-2)60(84)69(19)43(17)59(83)74(24)51(40(14)33-76)56(80)68-49(37(9)10)63(87)70(20)46(30-34(3)4)55(79)65-41(15)54(78)66-42(16)58(82)71(21)47(31-35(5)6)61(85)72(22)48(32-36(7)8)62(86)73(23)50(38(11)12)64(88)75(52)25/h26,28,33-43,45-53H,27,29-32H2,1-25H3,(H,65,79)(H,66,78)(H,67,81)(H,68,80). The Labute approximate surface area is 530 Å². The van der Waals surface area contributed by atoms with Gasteiger partial charge in [-0.05, 0) is 95.3 Å². The molecule has 0 aromatic heterocycles. The van der Waals surface area contributed by atoms with E-state index in [1.165, 1.54) is 91.7 Å². The van der Waals surface area contributed by atoms with Crippen molar-refractivity contribution in [2.45, 2.75) is 229 Å². The number of carbonyl (C=O) groups excluding carboxylic acids is 13. The summed E-state index contributed by atoms with van der Waals surface area (Å²) in [5, 5.41) is 10.8. The van der Waals surface area contributed by atoms with E-state index in [9.17, 15) is 43.2 Å². The molecule has 1 saturated heterocycles. The molecule has 11 amide bonds. The van der Waals surface area contributed by atoms with E-state index in [4.69, 9.17) is 4.74 Å². The Balaban J connectivity index is 4.50. The summed E-state index contributed by atoms with van der Waals surface area (Å²) < 4.78 is 5.92. The Morgan fingerprint density at radius 2 is 0.921 bits per heavy atom. The number of nitrogens with zero attached hydrogens (tertiary/aromatic N) is 7. The quantitative estimate of drug-likeness (QED) is 0.0982. The molecule has 1 fully saturated rings. The van der Waals surface area contributed by atoms with Gasteiger partial charge in [-0.1, -0.05) is 102 Å². The first kappa shape index (κ1) is 80.1. The molecule has 14 atom stereocenters. The number of aldehydes is 1. The van der Waals surface area contributed by atoms with Crippen molar-refractivity contribution in [2.24, 2.45) is 41.4 Å². The highest BCUT2D eigenvalue weighted by Gasteiger charge is 2.47. The fourth-order valence-electron chi connectivity index (χ4n) is 11.2. The summed E-state index contributed by atoms with van der Waals surface area (Å²) in [5.41, 5.74) is 0. The van der Waals surface area contributed by atoms with Gasteiger partial charge in [0, 0.05) is 62.2 Å². The fourth-order valence-corrected chi connectivity index (χ4v) is 11.2. The lowest BCUT2D eigenvalue weighted by Gasteiger charge is -2.42. The number of carbonyl (C=O) groups is 13. The lowest BCUT2D eigenvalue weighted by molar-refractivity contribution is -0.164. The monoisotopic (exact) mass is 1260 g/mol. The largest absolute Gasteiger partial charge is 0.459 e. The SMILES string of the molecule is CC=CCC(C)C(OC(C)=O)C1C(=O)NC(CC)C(=O)N(C)C(C)C(=O)N(C)C(C(C)C=O)C(=O)NC(C(C)C)C(=O)N(C)C(CC(C)C)C(=O)NC(C)C(=O)NC(C)C(=O)N(C)C(CC(C)C)C(=O)N(C)C(CC(C)C)C(=O)N(C)C(C(C)C)C(=O)N1C. The van der Waals surface area contributed by atoms with Crippen LogP contribution < -0.4 is 21.3 Å². The molecule has 14 unspecified atom stereocenters. The first-order valence-corrected chi connectivity index (χ1v) is 31.4. The highest BCUT2D eigenvalue weighted by Crippen LogP contribution is 2.27. The predicted molar refractivity (Wildman–Crippen MR) is 338 cm³/mol. The number of ether oxygens (including phenoxy) is 1. The topological polar surface area (TPSA) is 302 Å². The predicted octanol–water partition coefficient (Wildman–Crippen LogP) is 3.02. The van der Waals surface area contributed by atoms with E-state index in [-0.39, 0.29) is 49.9 Å². The average molecular weight is 1260 g/mol. The molecule has 0 radical (unpaired) electrons. The molecule has 25 heteroatoms. The zero-order valence-corrected chi connectivity index (χ0v) is 58.1. The summed E-state index contributed by atoms with van der Waals surface area (Å²) in [7, 11) is 9.57. The maximum absolute atomic E-state index is 15.4. The van der Waals surface area contributed by atoms with Gasteiger partial charge in [0.15, 0.2) is 0 Å². The van der Waals surface area contributed by atoms with Crippen molar-refractivity contribution >= 4 is 77.2 Å². The molecule has 89 heavy (non-hydrogen) atoms. The van der Waals surface area contributed by atoms with Crippen LogP contribution in [0.1, 0.15) is 157 Å². The summed E-state index contributed by atoms with van der Waals surface area (Å²) in [6, 6.07) is -14.7. The van der Waals surface area contributed by atoms with Gasteiger partial charge >= 0.3 is 5.97 Å². The molecule has 1 aliphatic rings. The second kappa shape index (κ2) is 36.0. The van der Waals surface area contributed by atoms with E-state index in [1.807, 2.05) is 41.5 Å². The van der Waals surface area contributed by atoms with Gasteiger partial charge in [0.25, 0.3) is 0 Å². The number of amides is 11. The Hall–Kier alpha value is -6.95. The van der Waals surface area contributed by atoms with Gasteiger partial charge in [-0.3, -0.25) is 57.5 Å². The van der Waals surface area contributed by atoms with Crippen LogP contribution in [0.3, 0.4) is 0 Å². The van der Waals surface area contributed by atoms with Gasteiger partial charge in [0.2, 0.25) is 65.0 Å². The van der Waals surface area contributed by atoms with Crippen molar-refractivity contribution in [3.63, 3.8) is 0 Å². The number of esters is 1. The summed E-state index contributed by atoms with van der Waals surface area (Å²) in [6.45, 7) is 29.7. The van der Waals surface area contributed by atoms with Crippen LogP contribution in [0.15, 0.2) is 12.2 Å². The van der Waals surface area contributed by atoms with Crippen LogP contribution in [0.5, 0.6) is 0 Å². The molecular formula is C64H111N11O14. The van der Waals surface area contributed by atoms with Gasteiger partial charge in [-0.15, -0.1) is 0 Å². The first-order chi connectivity index (χ1) is 41.1. The smallest absolute Gasteiger partial charge is 0.303 e. The van der Waals surface area contributed by atoms with Gasteiger partial charge in [-0.2, -0.15) is 0 Å². The van der Waals surface area contributed by atoms with Crippen LogP contribution >= 0.6 is 0 Å². The third kappa shape index (κ3) is 21.6. The van der Waals surface area contributed by atoms with E-state index >= 15 is 19.2 Å². The Morgan fingerprint density at radius 3 is 1.37 bits per heavy atom. The summed E-state index contributed by atoms with van der Waals surface area (Å²) in [5.74, 6) is -12.7. The number of allylic oxidation sites excluding steroid dienone is 2. The molecule has 25 nitrogen and oxygen atoms in total. The summed E-state index contributed by atoms with van der Waals surface area (Å²) in [6.07, 6.45) is 3.24. The second-order valence-corrected chi connectivity index (χ2v) is 26.3. The van der Waals surface area contributed by atoms with Crippen LogP contribution in [0.2, 0.25) is 0 Å². The van der Waals surface area contributed by atoms with Gasteiger partial charge in [0.05, 0.1) is 0 Å². The van der Waals surface area contributed by atoms with Crippen molar-refractivity contribution in [1.82, 2.24) is 55.6 Å². The first-order valence-electron chi connectivity index (χ1n) is 31.4. The van der Waals surface area contributed by atoms with E-state index in [0.29, 0.717) is 6.29 Å². The van der Waals surface area contributed by atoms with E-state index in [2.05, 4.69) is 21.3 Å². The highest BCUT2D eigenvalue weighted by atomic mass is 16.5. The lowest BCUT2D eigenvalue weighted by atomic mass is 9.91. The molecule has 1 rings (SSSR count). The van der Waals surface area contributed by atoms with Crippen molar-refractivity contribution in [2.75, 3.05) is 49.3 Å². The minimum Gasteiger partial charge on any atom is -0.459 e. The Bertz CT molecular complexity index is 2520. The lowest BCUT2D eigenvalue weighted by Crippen LogP contribution is -2.64. The maximum atomic E-state index is 15.4. The van der Waals surface area contributed by atoms with Crippen LogP contribution in [0.4, 0.5) is 0 Å². The molecule has 506 valence electrons. The third-order valence-corrected chi connectivity index (χ3v) is 16.8. The van der Waals surface area contributed by atoms with E-state index < -0.39 is 167 Å². The molecular weight excluding hydrogens is 1150 g/mol. The van der Waals surface area contributed by atoms with Gasteiger partial charge in [0.1, 0.15) is 78.9 Å². The molecule has 0 spiro atoms. The number of rotatable bonds is 16. The van der Waals surface area contributed by atoms with Gasteiger partial charge in [-0.25, -0.2) is 0 Å². The molecule has 4 N–H and O–H groups in total. The fraction of sp³-hybridized carbons (Fsp3) is 0.766. The van der Waals surface area contributed by atoms with Crippen molar-refractivity contribution in [3.05, 3.63) is 12.2 Å². The minimum absolute atomic E-state index is 0.0568. The number of likely N-dealkylation sites (N-methyl/N-ethyl adjacent to an activating group) is 7. The van der Waals surface area contributed by atoms with E-state index in [0.717, 1.165) is 26.5 Å². The minimum atomic E-state index is -1.65. The Kier molecular flexibility index (Phi) is 32.4. The maximum Gasteiger partial charge on any atom is 0.303 e. The molecule has 0 bridgehead atoms. The van der Waals surface area contributed by atoms with Crippen LogP contribution in [0.25, 0.3) is 0 Å². The molecule has 1 aliphatic heterocycles. The van der Waals surface area contributed by atoms with Crippen LogP contribution in [-0.2, 0) is 67.1 Å². The van der Waals surface area contributed by atoms with Crippen molar-refractivity contribution in [1.29, 1.82) is 0 Å². The summed E-state index contributed by atoms with van der Waals surface area (Å²) >= 11 is 0.